The lowest BCUT2D eigenvalue weighted by atomic mass is 9.95. The van der Waals surface area contributed by atoms with E-state index in [4.69, 9.17) is 4.74 Å². The van der Waals surface area contributed by atoms with Crippen LogP contribution in [0.2, 0.25) is 0 Å². The van der Waals surface area contributed by atoms with Crippen LogP contribution in [0.25, 0.3) is 0 Å². The molecule has 4 nitrogen and oxygen atoms in total. The zero-order valence-electron chi connectivity index (χ0n) is 13.9. The largest absolute Gasteiger partial charge is 0.378 e. The molecule has 0 N–H and O–H groups in total. The van der Waals surface area contributed by atoms with Crippen LogP contribution in [0, 0.1) is 0 Å². The first kappa shape index (κ1) is 15.8. The van der Waals surface area contributed by atoms with Gasteiger partial charge in [-0.15, -0.1) is 0 Å². The maximum Gasteiger partial charge on any atom is 0.0643 e. The van der Waals surface area contributed by atoms with Gasteiger partial charge in [-0.05, 0) is 34.7 Å². The molecule has 4 heteroatoms. The van der Waals surface area contributed by atoms with Gasteiger partial charge in [-0.25, -0.2) is 0 Å². The van der Waals surface area contributed by atoms with Crippen LogP contribution in [0.1, 0.15) is 27.7 Å². The van der Waals surface area contributed by atoms with Crippen molar-refractivity contribution in [3.63, 3.8) is 0 Å². The molecular weight excluding hydrogens is 250 g/mol. The number of allylic oxidation sites excluding steroid dienone is 1. The molecule has 0 aliphatic carbocycles. The molecule has 116 valence electrons. The summed E-state index contributed by atoms with van der Waals surface area (Å²) in [5, 5.41) is 0. The normalized spacial score (nSPS) is 30.6. The summed E-state index contributed by atoms with van der Waals surface area (Å²) in [6, 6.07) is 0.925. The molecule has 0 amide bonds. The van der Waals surface area contributed by atoms with Gasteiger partial charge >= 0.3 is 0 Å². The zero-order valence-corrected chi connectivity index (χ0v) is 13.9. The van der Waals surface area contributed by atoms with Crippen molar-refractivity contribution < 1.29 is 4.74 Å². The van der Waals surface area contributed by atoms with E-state index >= 15 is 0 Å². The van der Waals surface area contributed by atoms with Gasteiger partial charge in [0, 0.05) is 37.4 Å². The second kappa shape index (κ2) is 6.04. The third-order valence-corrected chi connectivity index (χ3v) is 4.58. The van der Waals surface area contributed by atoms with Gasteiger partial charge in [0.15, 0.2) is 0 Å². The third kappa shape index (κ3) is 3.35. The zero-order chi connectivity index (χ0) is 14.9. The Morgan fingerprint density at radius 3 is 2.45 bits per heavy atom. The topological polar surface area (TPSA) is 19.0 Å². The summed E-state index contributed by atoms with van der Waals surface area (Å²) in [7, 11) is 2.22. The fourth-order valence-corrected chi connectivity index (χ4v) is 3.53. The highest BCUT2D eigenvalue weighted by atomic mass is 16.5. The lowest BCUT2D eigenvalue weighted by molar-refractivity contribution is -0.0860. The Balaban J connectivity index is 2.21. The van der Waals surface area contributed by atoms with Crippen molar-refractivity contribution in [2.45, 2.75) is 45.3 Å². The Labute approximate surface area is 124 Å². The van der Waals surface area contributed by atoms with Gasteiger partial charge < -0.3 is 14.5 Å². The van der Waals surface area contributed by atoms with E-state index in [1.165, 1.54) is 5.70 Å². The third-order valence-electron chi connectivity index (χ3n) is 4.58. The minimum absolute atomic E-state index is 0.186. The predicted molar refractivity (Wildman–Crippen MR) is 83.9 cm³/mol. The second-order valence-corrected chi connectivity index (χ2v) is 7.26. The van der Waals surface area contributed by atoms with Gasteiger partial charge in [0.2, 0.25) is 0 Å². The van der Waals surface area contributed by atoms with Crippen molar-refractivity contribution in [3.8, 4) is 0 Å². The van der Waals surface area contributed by atoms with Crippen molar-refractivity contribution >= 4 is 0 Å². The number of hydrogen-bond acceptors (Lipinski definition) is 4. The molecule has 0 aromatic heterocycles. The van der Waals surface area contributed by atoms with Gasteiger partial charge in [0.25, 0.3) is 0 Å². The van der Waals surface area contributed by atoms with E-state index < -0.39 is 0 Å². The molecule has 2 atom stereocenters. The molecule has 2 rings (SSSR count). The van der Waals surface area contributed by atoms with Gasteiger partial charge in [0.05, 0.1) is 25.3 Å². The number of likely N-dealkylation sites (N-methyl/N-ethyl adjacent to an activating group) is 1. The van der Waals surface area contributed by atoms with Crippen LogP contribution < -0.4 is 0 Å². The van der Waals surface area contributed by atoms with Crippen LogP contribution in [-0.2, 0) is 4.74 Å². The Bertz CT molecular complexity index is 350. The fraction of sp³-hybridized carbons (Fsp3) is 0.875. The molecule has 2 aliphatic rings. The SMILES string of the molecule is C=C(C)N1CCN(C)CC1C1COCCN1C(C)(C)C. The van der Waals surface area contributed by atoms with Crippen LogP contribution >= 0.6 is 0 Å². The molecule has 2 heterocycles. The number of ether oxygens (including phenoxy) is 1. The molecule has 0 aromatic rings. The molecule has 0 radical (unpaired) electrons. The van der Waals surface area contributed by atoms with Gasteiger partial charge in [-0.2, -0.15) is 0 Å². The monoisotopic (exact) mass is 281 g/mol. The molecule has 0 bridgehead atoms. The molecule has 0 spiro atoms. The molecule has 2 saturated heterocycles. The molecule has 2 aliphatic heterocycles. The molecule has 2 unspecified atom stereocenters. The highest BCUT2D eigenvalue weighted by Crippen LogP contribution is 2.27. The molecular formula is C16H31N3O. The number of rotatable bonds is 2. The Hall–Kier alpha value is -0.580. The second-order valence-electron chi connectivity index (χ2n) is 7.26. The first-order chi connectivity index (χ1) is 9.30. The minimum Gasteiger partial charge on any atom is -0.378 e. The minimum atomic E-state index is 0.186. The van der Waals surface area contributed by atoms with Gasteiger partial charge in [0.1, 0.15) is 0 Å². The maximum absolute atomic E-state index is 5.81. The van der Waals surface area contributed by atoms with E-state index in [2.05, 4.69) is 56.0 Å². The standard InChI is InChI=1S/C16H31N3O/c1-13(2)18-8-7-17(6)11-14(18)15-12-20-10-9-19(15)16(3,4)5/h14-15H,1,7-12H2,2-6H3. The number of nitrogens with zero attached hydrogens (tertiary/aromatic N) is 3. The van der Waals surface area contributed by atoms with Crippen LogP contribution in [0.3, 0.4) is 0 Å². The van der Waals surface area contributed by atoms with Crippen molar-refractivity contribution in [2.24, 2.45) is 0 Å². The highest BCUT2D eigenvalue weighted by Gasteiger charge is 2.40. The highest BCUT2D eigenvalue weighted by molar-refractivity contribution is 5.03. The molecule has 0 aromatic carbocycles. The van der Waals surface area contributed by atoms with Crippen LogP contribution in [-0.4, -0.2) is 78.8 Å². The molecule has 0 saturated carbocycles. The molecule has 2 fully saturated rings. The summed E-state index contributed by atoms with van der Waals surface area (Å²) >= 11 is 0. The average molecular weight is 281 g/mol. The summed E-state index contributed by atoms with van der Waals surface area (Å²) in [4.78, 5) is 7.54. The Morgan fingerprint density at radius 2 is 1.85 bits per heavy atom. The van der Waals surface area contributed by atoms with Crippen LogP contribution in [0.4, 0.5) is 0 Å². The van der Waals surface area contributed by atoms with Gasteiger partial charge in [-0.3, -0.25) is 4.90 Å². The van der Waals surface area contributed by atoms with Crippen molar-refractivity contribution in [3.05, 3.63) is 12.3 Å². The van der Waals surface area contributed by atoms with Crippen molar-refractivity contribution in [1.82, 2.24) is 14.7 Å². The predicted octanol–water partition coefficient (Wildman–Crippen LogP) is 1.64. The number of morpholine rings is 1. The Kier molecular flexibility index (Phi) is 4.77. The summed E-state index contributed by atoms with van der Waals surface area (Å²) in [5.41, 5.74) is 1.37. The maximum atomic E-state index is 5.81. The summed E-state index contributed by atoms with van der Waals surface area (Å²) in [6.07, 6.45) is 0. The molecule has 20 heavy (non-hydrogen) atoms. The van der Waals surface area contributed by atoms with Crippen LogP contribution in [0.15, 0.2) is 12.3 Å². The van der Waals surface area contributed by atoms with E-state index in [-0.39, 0.29) is 5.54 Å². The van der Waals surface area contributed by atoms with Crippen LogP contribution in [0.5, 0.6) is 0 Å². The van der Waals surface area contributed by atoms with E-state index in [1.54, 1.807) is 0 Å². The van der Waals surface area contributed by atoms with E-state index in [0.29, 0.717) is 12.1 Å². The van der Waals surface area contributed by atoms with E-state index in [1.807, 2.05) is 0 Å². The number of piperazine rings is 1. The first-order valence-corrected chi connectivity index (χ1v) is 7.76. The lowest BCUT2D eigenvalue weighted by Gasteiger charge is -2.53. The summed E-state index contributed by atoms with van der Waals surface area (Å²) in [5.74, 6) is 0. The lowest BCUT2D eigenvalue weighted by Crippen LogP contribution is -2.66. The smallest absolute Gasteiger partial charge is 0.0643 e. The van der Waals surface area contributed by atoms with Crippen molar-refractivity contribution in [1.29, 1.82) is 0 Å². The summed E-state index contributed by atoms with van der Waals surface area (Å²) < 4.78 is 5.81. The quantitative estimate of drug-likeness (QED) is 0.766. The first-order valence-electron chi connectivity index (χ1n) is 7.76. The van der Waals surface area contributed by atoms with E-state index in [9.17, 15) is 0 Å². The van der Waals surface area contributed by atoms with Gasteiger partial charge in [-0.1, -0.05) is 6.58 Å². The fourth-order valence-electron chi connectivity index (χ4n) is 3.53. The number of hydrogen-bond donors (Lipinski definition) is 0. The summed E-state index contributed by atoms with van der Waals surface area (Å²) in [6.45, 7) is 19.2. The Morgan fingerprint density at radius 1 is 1.15 bits per heavy atom. The van der Waals surface area contributed by atoms with Crippen molar-refractivity contribution in [2.75, 3.05) is 46.4 Å². The van der Waals surface area contributed by atoms with E-state index in [0.717, 1.165) is 39.4 Å². The average Bonchev–Trinajstić information content (AvgIpc) is 2.37.